The monoisotopic (exact) mass is 522 g/mol. The second-order valence-corrected chi connectivity index (χ2v) is 10.3. The van der Waals surface area contributed by atoms with E-state index in [-0.39, 0.29) is 5.91 Å². The zero-order chi connectivity index (χ0) is 25.5. The van der Waals surface area contributed by atoms with E-state index in [0.29, 0.717) is 17.0 Å². The first-order valence-electron chi connectivity index (χ1n) is 11.9. The van der Waals surface area contributed by atoms with Crippen molar-refractivity contribution in [2.75, 3.05) is 7.11 Å². The van der Waals surface area contributed by atoms with Crippen LogP contribution in [-0.4, -0.2) is 22.6 Å². The van der Waals surface area contributed by atoms with Crippen molar-refractivity contribution in [3.05, 3.63) is 117 Å². The molecule has 37 heavy (non-hydrogen) atoms. The third-order valence-corrected chi connectivity index (χ3v) is 7.86. The predicted octanol–water partition coefficient (Wildman–Crippen LogP) is 8.17. The van der Waals surface area contributed by atoms with Crippen LogP contribution < -0.4 is 4.74 Å². The van der Waals surface area contributed by atoms with Gasteiger partial charge in [0.15, 0.2) is 0 Å². The second kappa shape index (κ2) is 9.51. The van der Waals surface area contributed by atoms with Crippen molar-refractivity contribution in [3.63, 3.8) is 0 Å². The fourth-order valence-corrected chi connectivity index (χ4v) is 5.76. The van der Waals surface area contributed by atoms with Gasteiger partial charge in [-0.2, -0.15) is 0 Å². The maximum atomic E-state index is 13.6. The van der Waals surface area contributed by atoms with E-state index < -0.39 is 0 Å². The molecular formula is C31H23ClN2O2S. The number of benzene rings is 4. The SMILES string of the molecule is COc1ccc2c(c1)c(Cc1nc(-c3ccc4ccccc4c3)cs1)c(C)n2C(=O)c1ccc(Cl)cc1. The molecule has 4 aromatic carbocycles. The number of hydrogen-bond acceptors (Lipinski definition) is 4. The van der Waals surface area contributed by atoms with E-state index in [4.69, 9.17) is 21.3 Å². The number of thiazole rings is 1. The highest BCUT2D eigenvalue weighted by atomic mass is 35.5. The summed E-state index contributed by atoms with van der Waals surface area (Å²) < 4.78 is 7.29. The first kappa shape index (κ1) is 23.5. The van der Waals surface area contributed by atoms with Gasteiger partial charge in [0.05, 0.1) is 23.3 Å². The Kier molecular flexibility index (Phi) is 6.03. The first-order chi connectivity index (χ1) is 18.0. The number of halogens is 1. The quantitative estimate of drug-likeness (QED) is 0.229. The average molecular weight is 523 g/mol. The lowest BCUT2D eigenvalue weighted by atomic mass is 10.1. The van der Waals surface area contributed by atoms with E-state index in [1.54, 1.807) is 47.3 Å². The van der Waals surface area contributed by atoms with Crippen LogP contribution in [0.15, 0.2) is 90.3 Å². The summed E-state index contributed by atoms with van der Waals surface area (Å²) in [5, 5.41) is 7.09. The molecule has 0 saturated heterocycles. The van der Waals surface area contributed by atoms with Crippen LogP contribution in [0.25, 0.3) is 32.9 Å². The van der Waals surface area contributed by atoms with Gasteiger partial charge in [-0.05, 0) is 71.8 Å². The molecule has 182 valence electrons. The van der Waals surface area contributed by atoms with Crippen LogP contribution in [-0.2, 0) is 6.42 Å². The van der Waals surface area contributed by atoms with Gasteiger partial charge >= 0.3 is 0 Å². The maximum Gasteiger partial charge on any atom is 0.262 e. The third-order valence-electron chi connectivity index (χ3n) is 6.76. The number of aromatic nitrogens is 2. The molecule has 2 heterocycles. The Morgan fingerprint density at radius 2 is 1.76 bits per heavy atom. The van der Waals surface area contributed by atoms with Gasteiger partial charge in [-0.3, -0.25) is 9.36 Å². The summed E-state index contributed by atoms with van der Waals surface area (Å²) in [6.07, 6.45) is 0.620. The summed E-state index contributed by atoms with van der Waals surface area (Å²) in [5.41, 5.74) is 5.45. The molecule has 0 N–H and O–H groups in total. The second-order valence-electron chi connectivity index (χ2n) is 8.96. The van der Waals surface area contributed by atoms with Gasteiger partial charge in [-0.15, -0.1) is 11.3 Å². The fraction of sp³-hybridized carbons (Fsp3) is 0.0968. The van der Waals surface area contributed by atoms with E-state index in [2.05, 4.69) is 47.8 Å². The largest absolute Gasteiger partial charge is 0.497 e. The highest BCUT2D eigenvalue weighted by molar-refractivity contribution is 7.10. The molecule has 0 unspecified atom stereocenters. The minimum atomic E-state index is -0.0911. The summed E-state index contributed by atoms with van der Waals surface area (Å²) in [6.45, 7) is 1.99. The molecular weight excluding hydrogens is 500 g/mol. The lowest BCUT2D eigenvalue weighted by molar-refractivity contribution is 0.0963. The van der Waals surface area contributed by atoms with Crippen molar-refractivity contribution < 1.29 is 9.53 Å². The number of methoxy groups -OCH3 is 1. The van der Waals surface area contributed by atoms with Crippen molar-refractivity contribution in [2.24, 2.45) is 0 Å². The minimum absolute atomic E-state index is 0.0911. The lowest BCUT2D eigenvalue weighted by Crippen LogP contribution is -2.13. The topological polar surface area (TPSA) is 44.1 Å². The van der Waals surface area contributed by atoms with E-state index in [1.165, 1.54) is 10.8 Å². The minimum Gasteiger partial charge on any atom is -0.497 e. The third kappa shape index (κ3) is 4.31. The summed E-state index contributed by atoms with van der Waals surface area (Å²) in [5.74, 6) is 0.660. The summed E-state index contributed by atoms with van der Waals surface area (Å²) in [6, 6.07) is 27.6. The van der Waals surface area contributed by atoms with Gasteiger partial charge < -0.3 is 4.74 Å². The Hall–Kier alpha value is -3.93. The molecule has 0 atom stereocenters. The molecule has 0 aliphatic rings. The lowest BCUT2D eigenvalue weighted by Gasteiger charge is -2.08. The van der Waals surface area contributed by atoms with Crippen molar-refractivity contribution in [3.8, 4) is 17.0 Å². The maximum absolute atomic E-state index is 13.6. The van der Waals surface area contributed by atoms with Crippen LogP contribution in [0, 0.1) is 6.92 Å². The Balaban J connectivity index is 1.41. The van der Waals surface area contributed by atoms with Crippen molar-refractivity contribution >= 4 is 50.5 Å². The summed E-state index contributed by atoms with van der Waals surface area (Å²) in [7, 11) is 1.65. The van der Waals surface area contributed by atoms with Gasteiger partial charge in [-0.25, -0.2) is 4.98 Å². The Morgan fingerprint density at radius 3 is 2.54 bits per heavy atom. The highest BCUT2D eigenvalue weighted by Gasteiger charge is 2.21. The van der Waals surface area contributed by atoms with Gasteiger partial charge in [-0.1, -0.05) is 48.0 Å². The normalized spacial score (nSPS) is 11.3. The molecule has 6 heteroatoms. The van der Waals surface area contributed by atoms with Crippen molar-refractivity contribution in [1.29, 1.82) is 0 Å². The summed E-state index contributed by atoms with van der Waals surface area (Å²) in [4.78, 5) is 18.6. The Labute approximate surface area is 223 Å². The fourth-order valence-electron chi connectivity index (χ4n) is 4.82. The molecule has 0 spiro atoms. The van der Waals surface area contributed by atoms with E-state index >= 15 is 0 Å². The number of nitrogens with zero attached hydrogens (tertiary/aromatic N) is 2. The van der Waals surface area contributed by atoms with Crippen molar-refractivity contribution in [2.45, 2.75) is 13.3 Å². The number of hydrogen-bond donors (Lipinski definition) is 0. The molecule has 0 saturated carbocycles. The Bertz CT molecular complexity index is 1780. The summed E-state index contributed by atoms with van der Waals surface area (Å²) >= 11 is 7.69. The van der Waals surface area contributed by atoms with Crippen LogP contribution in [0.2, 0.25) is 5.02 Å². The van der Waals surface area contributed by atoms with Crippen LogP contribution in [0.3, 0.4) is 0 Å². The van der Waals surface area contributed by atoms with Gasteiger partial charge in [0.2, 0.25) is 0 Å². The van der Waals surface area contributed by atoms with E-state index in [0.717, 1.165) is 44.2 Å². The number of carbonyl (C=O) groups excluding carboxylic acids is 1. The molecule has 0 aliphatic carbocycles. The van der Waals surface area contributed by atoms with Gasteiger partial charge in [0.25, 0.3) is 5.91 Å². The molecule has 0 aliphatic heterocycles. The number of fused-ring (bicyclic) bond motifs is 2. The predicted molar refractivity (Wildman–Crippen MR) is 152 cm³/mol. The molecule has 4 nitrogen and oxygen atoms in total. The van der Waals surface area contributed by atoms with Crippen LogP contribution >= 0.6 is 22.9 Å². The molecule has 0 radical (unpaired) electrons. The molecule has 6 aromatic rings. The number of carbonyl (C=O) groups is 1. The smallest absolute Gasteiger partial charge is 0.262 e. The van der Waals surface area contributed by atoms with Crippen molar-refractivity contribution in [1.82, 2.24) is 9.55 Å². The molecule has 0 amide bonds. The zero-order valence-corrected chi connectivity index (χ0v) is 21.9. The Morgan fingerprint density at radius 1 is 0.973 bits per heavy atom. The van der Waals surface area contributed by atoms with Crippen LogP contribution in [0.5, 0.6) is 5.75 Å². The number of ether oxygens (including phenoxy) is 1. The van der Waals surface area contributed by atoms with E-state index in [9.17, 15) is 4.79 Å². The standard InChI is InChI=1S/C31H23ClN2O2S/c1-19-26(17-30-33-28(18-37-30)23-8-7-20-5-3-4-6-22(20)15-23)27-16-25(36-2)13-14-29(27)34(19)31(35)21-9-11-24(32)12-10-21/h3-16,18H,17H2,1-2H3. The van der Waals surface area contributed by atoms with E-state index in [1.807, 2.05) is 25.1 Å². The molecule has 2 aromatic heterocycles. The first-order valence-corrected chi connectivity index (χ1v) is 13.2. The van der Waals surface area contributed by atoms with Gasteiger partial charge in [0.1, 0.15) is 5.75 Å². The number of rotatable bonds is 5. The van der Waals surface area contributed by atoms with Crippen LogP contribution in [0.1, 0.15) is 26.6 Å². The van der Waals surface area contributed by atoms with Crippen LogP contribution in [0.4, 0.5) is 0 Å². The molecule has 0 fully saturated rings. The average Bonchev–Trinajstić information content (AvgIpc) is 3.51. The highest BCUT2D eigenvalue weighted by Crippen LogP contribution is 2.34. The zero-order valence-electron chi connectivity index (χ0n) is 20.4. The molecule has 0 bridgehead atoms. The van der Waals surface area contributed by atoms with Gasteiger partial charge in [0, 0.05) is 39.0 Å². The molecule has 6 rings (SSSR count).